The first-order valence-electron chi connectivity index (χ1n) is 11.0. The lowest BCUT2D eigenvalue weighted by molar-refractivity contribution is -0.128. The second-order valence-corrected chi connectivity index (χ2v) is 7.50. The number of pyridine rings is 1. The second-order valence-electron chi connectivity index (χ2n) is 7.50. The van der Waals surface area contributed by atoms with Crippen LogP contribution in [0.2, 0.25) is 0 Å². The Morgan fingerprint density at radius 3 is 2.47 bits per heavy atom. The van der Waals surface area contributed by atoms with Gasteiger partial charge in [0.15, 0.2) is 18.2 Å². The average molecular weight is 483 g/mol. The number of benzene rings is 3. The Labute approximate surface area is 207 Å². The third kappa shape index (κ3) is 6.77. The molecule has 36 heavy (non-hydrogen) atoms. The molecule has 0 fully saturated rings. The summed E-state index contributed by atoms with van der Waals surface area (Å²) in [5.74, 6) is -0.745. The molecule has 1 aromatic heterocycles. The van der Waals surface area contributed by atoms with Crippen molar-refractivity contribution in [3.63, 3.8) is 0 Å². The number of carbonyl (C=O) groups is 2. The summed E-state index contributed by atoms with van der Waals surface area (Å²) in [4.78, 5) is 28.1. The van der Waals surface area contributed by atoms with Gasteiger partial charge in [0.1, 0.15) is 11.5 Å². The van der Waals surface area contributed by atoms with Crippen molar-refractivity contribution in [1.29, 1.82) is 0 Å². The number of halogens is 1. The number of amides is 2. The van der Waals surface area contributed by atoms with Gasteiger partial charge in [0.25, 0.3) is 11.8 Å². The van der Waals surface area contributed by atoms with Crippen LogP contribution in [0.25, 0.3) is 17.2 Å². The fraction of sp³-hybridized carbons (Fsp3) is 0.0357. The van der Waals surface area contributed by atoms with E-state index in [0.717, 1.165) is 11.1 Å². The lowest BCUT2D eigenvalue weighted by Gasteiger charge is -2.12. The summed E-state index contributed by atoms with van der Waals surface area (Å²) in [6.45, 7) is -0.294. The Balaban J connectivity index is 1.26. The molecule has 2 N–H and O–H groups in total. The fourth-order valence-corrected chi connectivity index (χ4v) is 3.21. The Hall–Kier alpha value is -4.98. The zero-order valence-corrected chi connectivity index (χ0v) is 19.1. The first-order valence-corrected chi connectivity index (χ1v) is 11.0. The zero-order valence-electron chi connectivity index (χ0n) is 19.1. The predicted octanol–water partition coefficient (Wildman–Crippen LogP) is 4.92. The first-order chi connectivity index (χ1) is 17.6. The molecule has 0 unspecified atom stereocenters. The molecule has 4 aromatic rings. The number of rotatable bonds is 8. The van der Waals surface area contributed by atoms with Crippen LogP contribution >= 0.6 is 0 Å². The maximum atomic E-state index is 14.3. The smallest absolute Gasteiger partial charge is 0.276 e. The normalized spacial score (nSPS) is 10.6. The molecule has 0 saturated heterocycles. The minimum Gasteiger partial charge on any atom is -0.483 e. The molecular weight excluding hydrogens is 461 g/mol. The summed E-state index contributed by atoms with van der Waals surface area (Å²) in [7, 11) is 0. The molecule has 1 heterocycles. The lowest BCUT2D eigenvalue weighted by Crippen LogP contribution is -2.43. The Morgan fingerprint density at radius 1 is 0.889 bits per heavy atom. The summed E-state index contributed by atoms with van der Waals surface area (Å²) >= 11 is 0. The Kier molecular flexibility index (Phi) is 8.01. The number of hydrazine groups is 1. The molecular formula is C28H22FN3O4. The maximum Gasteiger partial charge on any atom is 0.276 e. The minimum absolute atomic E-state index is 0.0331. The van der Waals surface area contributed by atoms with Crippen molar-refractivity contribution in [1.82, 2.24) is 15.8 Å². The zero-order chi connectivity index (χ0) is 25.2. The van der Waals surface area contributed by atoms with E-state index in [2.05, 4.69) is 15.8 Å². The summed E-state index contributed by atoms with van der Waals surface area (Å²) < 4.78 is 25.4. The van der Waals surface area contributed by atoms with Gasteiger partial charge in [-0.05, 0) is 47.5 Å². The second kappa shape index (κ2) is 11.9. The SMILES string of the molecule is O=C(/C=C/c1ccc(Oc2cccnc2)c(F)c1)NNC(=O)COc1ccccc1-c1ccccc1. The van der Waals surface area contributed by atoms with Crippen molar-refractivity contribution in [3.05, 3.63) is 115 Å². The average Bonchev–Trinajstić information content (AvgIpc) is 2.92. The molecule has 0 saturated carbocycles. The topological polar surface area (TPSA) is 89.5 Å². The van der Waals surface area contributed by atoms with E-state index >= 15 is 0 Å². The van der Waals surface area contributed by atoms with Crippen molar-refractivity contribution >= 4 is 17.9 Å². The molecule has 0 aliphatic heterocycles. The first kappa shape index (κ1) is 24.2. The highest BCUT2D eigenvalue weighted by atomic mass is 19.1. The van der Waals surface area contributed by atoms with Crippen molar-refractivity contribution < 1.29 is 23.5 Å². The highest BCUT2D eigenvalue weighted by Crippen LogP contribution is 2.29. The van der Waals surface area contributed by atoms with Crippen LogP contribution < -0.4 is 20.3 Å². The van der Waals surface area contributed by atoms with Crippen LogP contribution in [0.4, 0.5) is 4.39 Å². The van der Waals surface area contributed by atoms with Gasteiger partial charge in [0.2, 0.25) is 0 Å². The van der Waals surface area contributed by atoms with Gasteiger partial charge in [-0.25, -0.2) is 4.39 Å². The Morgan fingerprint density at radius 2 is 1.69 bits per heavy atom. The fourth-order valence-electron chi connectivity index (χ4n) is 3.21. The summed E-state index contributed by atoms with van der Waals surface area (Å²) in [5.41, 5.74) is 6.79. The van der Waals surface area contributed by atoms with Gasteiger partial charge in [-0.3, -0.25) is 25.4 Å². The van der Waals surface area contributed by atoms with E-state index in [1.807, 2.05) is 48.5 Å². The highest BCUT2D eigenvalue weighted by molar-refractivity contribution is 5.93. The molecule has 180 valence electrons. The number of hydrogen-bond donors (Lipinski definition) is 2. The lowest BCUT2D eigenvalue weighted by atomic mass is 10.1. The van der Waals surface area contributed by atoms with Gasteiger partial charge in [0, 0.05) is 17.8 Å². The van der Waals surface area contributed by atoms with Crippen LogP contribution in [0.1, 0.15) is 5.56 Å². The van der Waals surface area contributed by atoms with Gasteiger partial charge in [-0.2, -0.15) is 0 Å². The van der Waals surface area contributed by atoms with Crippen LogP contribution in [0.5, 0.6) is 17.2 Å². The number of ether oxygens (including phenoxy) is 2. The van der Waals surface area contributed by atoms with Crippen LogP contribution in [0.3, 0.4) is 0 Å². The number of nitrogens with one attached hydrogen (secondary N) is 2. The molecule has 0 aliphatic carbocycles. The van der Waals surface area contributed by atoms with Gasteiger partial charge >= 0.3 is 0 Å². The Bertz CT molecular complexity index is 1360. The monoisotopic (exact) mass is 483 g/mol. The molecule has 8 heteroatoms. The quantitative estimate of drug-likeness (QED) is 0.274. The van der Waals surface area contributed by atoms with Crippen LogP contribution in [-0.4, -0.2) is 23.4 Å². The number of aromatic nitrogens is 1. The van der Waals surface area contributed by atoms with E-state index in [1.165, 1.54) is 30.5 Å². The van der Waals surface area contributed by atoms with Crippen molar-refractivity contribution in [2.24, 2.45) is 0 Å². The molecule has 4 rings (SSSR count). The van der Waals surface area contributed by atoms with E-state index in [-0.39, 0.29) is 12.4 Å². The highest BCUT2D eigenvalue weighted by Gasteiger charge is 2.09. The third-order valence-corrected chi connectivity index (χ3v) is 4.90. The van der Waals surface area contributed by atoms with Gasteiger partial charge < -0.3 is 9.47 Å². The third-order valence-electron chi connectivity index (χ3n) is 4.90. The number of nitrogens with zero attached hydrogens (tertiary/aromatic N) is 1. The minimum atomic E-state index is -0.595. The maximum absolute atomic E-state index is 14.3. The van der Waals surface area contributed by atoms with Gasteiger partial charge in [0.05, 0.1) is 6.20 Å². The van der Waals surface area contributed by atoms with Crippen molar-refractivity contribution in [3.8, 4) is 28.4 Å². The molecule has 7 nitrogen and oxygen atoms in total. The molecule has 0 atom stereocenters. The molecule has 0 radical (unpaired) electrons. The van der Waals surface area contributed by atoms with E-state index in [0.29, 0.717) is 17.1 Å². The van der Waals surface area contributed by atoms with E-state index in [1.54, 1.807) is 30.5 Å². The van der Waals surface area contributed by atoms with E-state index in [9.17, 15) is 14.0 Å². The molecule has 0 spiro atoms. The van der Waals surface area contributed by atoms with Gasteiger partial charge in [-0.15, -0.1) is 0 Å². The van der Waals surface area contributed by atoms with Crippen molar-refractivity contribution in [2.45, 2.75) is 0 Å². The van der Waals surface area contributed by atoms with E-state index < -0.39 is 17.6 Å². The van der Waals surface area contributed by atoms with Crippen LogP contribution in [0.15, 0.2) is 103 Å². The summed E-state index contributed by atoms with van der Waals surface area (Å²) in [6, 6.07) is 24.6. The summed E-state index contributed by atoms with van der Waals surface area (Å²) in [5, 5.41) is 0. The standard InChI is InChI=1S/C28H22FN3O4/c29-24-17-20(12-14-26(24)36-22-9-6-16-30-18-22)13-15-27(33)31-32-28(34)19-35-25-11-5-4-10-23(25)21-7-2-1-3-8-21/h1-18H,19H2,(H,31,33)(H,32,34)/b15-13+. The number of hydrogen-bond acceptors (Lipinski definition) is 5. The predicted molar refractivity (Wildman–Crippen MR) is 133 cm³/mol. The molecule has 3 aromatic carbocycles. The van der Waals surface area contributed by atoms with E-state index in [4.69, 9.17) is 9.47 Å². The van der Waals surface area contributed by atoms with Gasteiger partial charge in [-0.1, -0.05) is 54.6 Å². The molecule has 0 bridgehead atoms. The summed E-state index contributed by atoms with van der Waals surface area (Å²) in [6.07, 6.45) is 5.63. The molecule has 0 aliphatic rings. The molecule has 2 amide bonds. The number of para-hydroxylation sites is 1. The van der Waals surface area contributed by atoms with Crippen molar-refractivity contribution in [2.75, 3.05) is 6.61 Å². The largest absolute Gasteiger partial charge is 0.483 e. The number of carbonyl (C=O) groups excluding carboxylic acids is 2. The van der Waals surface area contributed by atoms with Crippen LogP contribution in [-0.2, 0) is 9.59 Å². The van der Waals surface area contributed by atoms with Crippen LogP contribution in [0, 0.1) is 5.82 Å².